The topological polar surface area (TPSA) is 77.1 Å². The first kappa shape index (κ1) is 27.5. The van der Waals surface area contributed by atoms with Crippen LogP contribution in [0.2, 0.25) is 5.02 Å². The molecule has 0 bridgehead atoms. The van der Waals surface area contributed by atoms with E-state index >= 15 is 0 Å². The van der Waals surface area contributed by atoms with Gasteiger partial charge in [0.05, 0.1) is 26.7 Å². The Morgan fingerprint density at radius 1 is 1.00 bits per heavy atom. The van der Waals surface area contributed by atoms with E-state index in [-0.39, 0.29) is 30.9 Å². The molecule has 0 unspecified atom stereocenters. The number of methoxy groups -OCH3 is 2. The van der Waals surface area contributed by atoms with Gasteiger partial charge in [-0.3, -0.25) is 9.59 Å². The fraction of sp³-hybridized carbons (Fsp3) is 0.333. The lowest BCUT2D eigenvalue weighted by molar-refractivity contribution is -0.141. The predicted molar refractivity (Wildman–Crippen MR) is 146 cm³/mol. The zero-order chi connectivity index (χ0) is 26.9. The van der Waals surface area contributed by atoms with Crippen molar-refractivity contribution in [1.29, 1.82) is 0 Å². The van der Waals surface area contributed by atoms with Crippen LogP contribution in [0.5, 0.6) is 11.5 Å². The number of halogens is 1. The molecule has 2 atom stereocenters. The summed E-state index contributed by atoms with van der Waals surface area (Å²) >= 11 is 6.11. The van der Waals surface area contributed by atoms with E-state index in [1.165, 1.54) is 0 Å². The van der Waals surface area contributed by atoms with Gasteiger partial charge in [-0.25, -0.2) is 0 Å². The van der Waals surface area contributed by atoms with Gasteiger partial charge in [0.2, 0.25) is 11.8 Å². The highest BCUT2D eigenvalue weighted by molar-refractivity contribution is 6.30. The first-order valence-corrected chi connectivity index (χ1v) is 13.1. The molecule has 1 heterocycles. The minimum Gasteiger partial charge on any atom is -0.493 e. The minimum atomic E-state index is -0.832. The zero-order valence-corrected chi connectivity index (χ0v) is 22.4. The number of nitrogens with zero attached hydrogens (tertiary/aromatic N) is 1. The van der Waals surface area contributed by atoms with Crippen LogP contribution >= 0.6 is 11.6 Å². The van der Waals surface area contributed by atoms with Crippen molar-refractivity contribution in [2.75, 3.05) is 27.4 Å². The summed E-state index contributed by atoms with van der Waals surface area (Å²) in [4.78, 5) is 29.3. The summed E-state index contributed by atoms with van der Waals surface area (Å²) < 4.78 is 16.5. The van der Waals surface area contributed by atoms with Crippen molar-refractivity contribution in [1.82, 2.24) is 10.2 Å². The van der Waals surface area contributed by atoms with Crippen molar-refractivity contribution in [3.63, 3.8) is 0 Å². The van der Waals surface area contributed by atoms with Crippen LogP contribution in [0, 0.1) is 0 Å². The maximum Gasteiger partial charge on any atom is 0.247 e. The van der Waals surface area contributed by atoms with Gasteiger partial charge in [0.1, 0.15) is 6.04 Å². The van der Waals surface area contributed by atoms with Gasteiger partial charge in [-0.2, -0.15) is 0 Å². The molecule has 7 nitrogen and oxygen atoms in total. The summed E-state index contributed by atoms with van der Waals surface area (Å²) in [6.45, 7) is 1.34. The van der Waals surface area contributed by atoms with Crippen molar-refractivity contribution in [2.45, 2.75) is 38.0 Å². The van der Waals surface area contributed by atoms with E-state index in [2.05, 4.69) is 5.32 Å². The third kappa shape index (κ3) is 7.05. The van der Waals surface area contributed by atoms with Crippen molar-refractivity contribution in [3.05, 3.63) is 94.5 Å². The van der Waals surface area contributed by atoms with Crippen molar-refractivity contribution >= 4 is 23.4 Å². The number of ether oxygens (including phenoxy) is 3. The van der Waals surface area contributed by atoms with Gasteiger partial charge in [0.15, 0.2) is 11.5 Å². The first-order valence-electron chi connectivity index (χ1n) is 12.7. The van der Waals surface area contributed by atoms with E-state index in [1.807, 2.05) is 48.5 Å². The smallest absolute Gasteiger partial charge is 0.247 e. The van der Waals surface area contributed by atoms with E-state index in [0.29, 0.717) is 29.7 Å². The van der Waals surface area contributed by atoms with E-state index in [0.717, 1.165) is 29.5 Å². The Kier molecular flexibility index (Phi) is 9.62. The predicted octanol–water partition coefficient (Wildman–Crippen LogP) is 4.97. The Morgan fingerprint density at radius 3 is 2.37 bits per heavy atom. The molecule has 3 aromatic rings. The standard InChI is InChI=1S/C30H33ClN2O5/c1-36-26-15-12-22(17-27(26)37-2)18-28(34)33(20-21-10-13-24(31)14-11-21)29(23-7-4-3-5-8-23)30(35)32-19-25-9-6-16-38-25/h3-5,7-8,10-15,17,25,29H,6,9,16,18-20H2,1-2H3,(H,32,35)/t25-,29-/m1/s1. The number of amides is 2. The highest BCUT2D eigenvalue weighted by atomic mass is 35.5. The molecular weight excluding hydrogens is 504 g/mol. The molecule has 3 aromatic carbocycles. The van der Waals surface area contributed by atoms with Gasteiger partial charge in [-0.15, -0.1) is 0 Å². The quantitative estimate of drug-likeness (QED) is 0.374. The number of hydrogen-bond acceptors (Lipinski definition) is 5. The van der Waals surface area contributed by atoms with E-state index < -0.39 is 6.04 Å². The molecule has 1 aliphatic heterocycles. The second kappa shape index (κ2) is 13.3. The number of rotatable bonds is 11. The molecule has 38 heavy (non-hydrogen) atoms. The maximum atomic E-state index is 13.9. The second-order valence-electron chi connectivity index (χ2n) is 9.21. The monoisotopic (exact) mass is 536 g/mol. The van der Waals surface area contributed by atoms with Crippen LogP contribution < -0.4 is 14.8 Å². The zero-order valence-electron chi connectivity index (χ0n) is 21.7. The van der Waals surface area contributed by atoms with Crippen LogP contribution in [0.4, 0.5) is 0 Å². The highest BCUT2D eigenvalue weighted by Gasteiger charge is 2.32. The van der Waals surface area contributed by atoms with Crippen molar-refractivity contribution in [3.8, 4) is 11.5 Å². The number of carbonyl (C=O) groups excluding carboxylic acids is 2. The molecule has 2 amide bonds. The molecule has 8 heteroatoms. The lowest BCUT2D eigenvalue weighted by Crippen LogP contribution is -2.45. The average molecular weight is 537 g/mol. The minimum absolute atomic E-state index is 0.0115. The van der Waals surface area contributed by atoms with E-state index in [9.17, 15) is 9.59 Å². The Hall–Kier alpha value is -3.55. The van der Waals surface area contributed by atoms with Gasteiger partial charge in [0.25, 0.3) is 0 Å². The first-order chi connectivity index (χ1) is 18.5. The number of hydrogen-bond donors (Lipinski definition) is 1. The average Bonchev–Trinajstić information content (AvgIpc) is 3.47. The van der Waals surface area contributed by atoms with Crippen LogP contribution in [0.1, 0.15) is 35.6 Å². The molecule has 0 aliphatic carbocycles. The summed E-state index contributed by atoms with van der Waals surface area (Å²) in [5.41, 5.74) is 2.34. The molecule has 1 fully saturated rings. The fourth-order valence-electron chi connectivity index (χ4n) is 4.60. The third-order valence-corrected chi connectivity index (χ3v) is 6.85. The maximum absolute atomic E-state index is 13.9. The van der Waals surface area contributed by atoms with Gasteiger partial charge in [-0.05, 0) is 53.8 Å². The van der Waals surface area contributed by atoms with Crippen LogP contribution in [-0.2, 0) is 27.3 Å². The van der Waals surface area contributed by atoms with Gasteiger partial charge in [0, 0.05) is 24.7 Å². The number of nitrogens with one attached hydrogen (secondary N) is 1. The number of carbonyl (C=O) groups is 2. The van der Waals surface area contributed by atoms with Gasteiger partial charge < -0.3 is 24.4 Å². The normalized spacial score (nSPS) is 15.5. The Bertz CT molecular complexity index is 1210. The van der Waals surface area contributed by atoms with Crippen LogP contribution in [-0.4, -0.2) is 50.2 Å². The molecule has 0 radical (unpaired) electrons. The van der Waals surface area contributed by atoms with Gasteiger partial charge >= 0.3 is 0 Å². The number of benzene rings is 3. The Balaban J connectivity index is 1.66. The summed E-state index contributed by atoms with van der Waals surface area (Å²) in [6.07, 6.45) is 1.96. The van der Waals surface area contributed by atoms with Gasteiger partial charge in [-0.1, -0.05) is 60.1 Å². The molecule has 1 N–H and O–H groups in total. The molecular formula is C30H33ClN2O5. The molecule has 1 saturated heterocycles. The SMILES string of the molecule is COc1ccc(CC(=O)N(Cc2ccc(Cl)cc2)[C@@H](C(=O)NC[C@H]2CCCO2)c2ccccc2)cc1OC. The lowest BCUT2D eigenvalue weighted by Gasteiger charge is -2.32. The molecule has 1 aliphatic rings. The molecule has 4 rings (SSSR count). The van der Waals surface area contributed by atoms with E-state index in [1.54, 1.807) is 43.4 Å². The van der Waals surface area contributed by atoms with Crippen LogP contribution in [0.15, 0.2) is 72.8 Å². The summed E-state index contributed by atoms with van der Waals surface area (Å²) in [5.74, 6) is 0.669. The third-order valence-electron chi connectivity index (χ3n) is 6.59. The Labute approximate surface area is 228 Å². The largest absolute Gasteiger partial charge is 0.493 e. The van der Waals surface area contributed by atoms with Crippen molar-refractivity contribution in [2.24, 2.45) is 0 Å². The Morgan fingerprint density at radius 2 is 1.71 bits per heavy atom. The molecule has 0 aromatic heterocycles. The molecule has 0 spiro atoms. The van der Waals surface area contributed by atoms with Crippen molar-refractivity contribution < 1.29 is 23.8 Å². The lowest BCUT2D eigenvalue weighted by atomic mass is 10.0. The summed E-state index contributed by atoms with van der Waals surface area (Å²) in [7, 11) is 3.12. The van der Waals surface area contributed by atoms with Crippen LogP contribution in [0.3, 0.4) is 0 Å². The fourth-order valence-corrected chi connectivity index (χ4v) is 4.73. The van der Waals surface area contributed by atoms with E-state index in [4.69, 9.17) is 25.8 Å². The molecule has 0 saturated carbocycles. The highest BCUT2D eigenvalue weighted by Crippen LogP contribution is 2.30. The summed E-state index contributed by atoms with van der Waals surface area (Å²) in [6, 6.07) is 21.2. The molecule has 200 valence electrons. The summed E-state index contributed by atoms with van der Waals surface area (Å²) in [5, 5.41) is 3.64. The van der Waals surface area contributed by atoms with Crippen LogP contribution in [0.25, 0.3) is 0 Å². The second-order valence-corrected chi connectivity index (χ2v) is 9.64.